The summed E-state index contributed by atoms with van der Waals surface area (Å²) in [6, 6.07) is 0. The van der Waals surface area contributed by atoms with Gasteiger partial charge in [-0.1, -0.05) is 20.8 Å². The third-order valence-corrected chi connectivity index (χ3v) is 3.12. The van der Waals surface area contributed by atoms with Crippen molar-refractivity contribution >= 4 is 0 Å². The first-order valence-electron chi connectivity index (χ1n) is 6.16. The van der Waals surface area contributed by atoms with E-state index in [1.807, 2.05) is 0 Å². The molecule has 0 bridgehead atoms. The van der Waals surface area contributed by atoms with Crippen molar-refractivity contribution in [2.45, 2.75) is 46.6 Å². The van der Waals surface area contributed by atoms with Crippen LogP contribution in [0.15, 0.2) is 0 Å². The van der Waals surface area contributed by atoms with E-state index in [0.717, 1.165) is 18.1 Å². The van der Waals surface area contributed by atoms with E-state index in [2.05, 4.69) is 65.2 Å². The highest BCUT2D eigenvalue weighted by Crippen LogP contribution is 2.26. The molecule has 0 aliphatic carbocycles. The van der Waals surface area contributed by atoms with Crippen LogP contribution in [0.25, 0.3) is 0 Å². The lowest BCUT2D eigenvalue weighted by Crippen LogP contribution is -2.43. The molecule has 0 amide bonds. The van der Waals surface area contributed by atoms with Gasteiger partial charge in [-0.2, -0.15) is 0 Å². The topological polar surface area (TPSA) is 20.0 Å². The third-order valence-electron chi connectivity index (χ3n) is 3.12. The average Bonchev–Trinajstić information content (AvgIpc) is 2.10. The van der Waals surface area contributed by atoms with Crippen LogP contribution in [0.1, 0.15) is 43.5 Å². The zero-order chi connectivity index (χ0) is 13.4. The van der Waals surface area contributed by atoms with Gasteiger partial charge in [-0.05, 0) is 31.4 Å². The molecule has 0 atom stereocenters. The minimum absolute atomic E-state index is 0.148. The Kier molecular flexibility index (Phi) is 3.92. The van der Waals surface area contributed by atoms with E-state index in [0.29, 0.717) is 0 Å². The van der Waals surface area contributed by atoms with Gasteiger partial charge in [-0.15, -0.1) is 0 Å². The molecule has 1 rings (SSSR count). The Morgan fingerprint density at radius 2 is 1.71 bits per heavy atom. The van der Waals surface area contributed by atoms with Crippen molar-refractivity contribution in [2.75, 3.05) is 14.1 Å². The van der Waals surface area contributed by atoms with Crippen LogP contribution in [0.4, 0.5) is 0 Å². The van der Waals surface area contributed by atoms with Gasteiger partial charge in [0.25, 0.3) is 0 Å². The fourth-order valence-corrected chi connectivity index (χ4v) is 2.46. The summed E-state index contributed by atoms with van der Waals surface area (Å²) in [5, 5.41) is 0. The molecule has 3 heteroatoms. The molecule has 0 spiro atoms. The van der Waals surface area contributed by atoms with Crippen LogP contribution < -0.4 is 4.57 Å². The number of nitrogens with zero attached hydrogens (tertiary/aromatic N) is 3. The molecule has 1 heterocycles. The Morgan fingerprint density at radius 3 is 2.12 bits per heavy atom. The van der Waals surface area contributed by atoms with Crippen molar-refractivity contribution in [1.82, 2.24) is 9.88 Å². The molecule has 96 valence electrons. The summed E-state index contributed by atoms with van der Waals surface area (Å²) in [5.74, 6) is 1.12. The number of aromatic nitrogens is 2. The van der Waals surface area contributed by atoms with Gasteiger partial charge in [0.15, 0.2) is 5.69 Å². The van der Waals surface area contributed by atoms with Crippen LogP contribution in [-0.4, -0.2) is 24.0 Å². The van der Waals surface area contributed by atoms with E-state index in [9.17, 15) is 0 Å². The molecule has 0 unspecified atom stereocenters. The van der Waals surface area contributed by atoms with E-state index in [-0.39, 0.29) is 5.41 Å². The van der Waals surface area contributed by atoms with Crippen molar-refractivity contribution in [2.24, 2.45) is 7.05 Å². The monoisotopic (exact) mass is 236 g/mol. The van der Waals surface area contributed by atoms with E-state index >= 15 is 0 Å². The predicted octanol–water partition coefficient (Wildman–Crippen LogP) is 1.88. The minimum atomic E-state index is 0.148. The summed E-state index contributed by atoms with van der Waals surface area (Å²) in [6.45, 7) is 11.9. The van der Waals surface area contributed by atoms with Gasteiger partial charge < -0.3 is 0 Å². The maximum absolute atomic E-state index is 4.76. The predicted molar refractivity (Wildman–Crippen MR) is 71.0 cm³/mol. The quantitative estimate of drug-likeness (QED) is 0.731. The summed E-state index contributed by atoms with van der Waals surface area (Å²) in [6.07, 6.45) is 0. The Hall–Kier alpha value is -0.960. The highest BCUT2D eigenvalue weighted by Gasteiger charge is 2.28. The van der Waals surface area contributed by atoms with E-state index < -0.39 is 0 Å². The summed E-state index contributed by atoms with van der Waals surface area (Å²) in [4.78, 5) is 6.91. The second-order valence-corrected chi connectivity index (χ2v) is 6.12. The highest BCUT2D eigenvalue weighted by atomic mass is 15.1. The fourth-order valence-electron chi connectivity index (χ4n) is 2.46. The normalized spacial score (nSPS) is 12.3. The zero-order valence-electron chi connectivity index (χ0n) is 12.5. The van der Waals surface area contributed by atoms with Crippen molar-refractivity contribution in [3.63, 3.8) is 0 Å². The van der Waals surface area contributed by atoms with Crippen LogP contribution in [0.2, 0.25) is 0 Å². The van der Waals surface area contributed by atoms with Gasteiger partial charge in [0.1, 0.15) is 12.2 Å². The molecule has 0 fully saturated rings. The molecule has 0 radical (unpaired) electrons. The molecule has 0 aliphatic rings. The zero-order valence-corrected chi connectivity index (χ0v) is 12.5. The molecule has 0 saturated heterocycles. The van der Waals surface area contributed by atoms with Crippen molar-refractivity contribution in [3.05, 3.63) is 22.8 Å². The Labute approximate surface area is 105 Å². The molecule has 0 N–H and O–H groups in total. The molecule has 17 heavy (non-hydrogen) atoms. The van der Waals surface area contributed by atoms with Crippen LogP contribution in [0.5, 0.6) is 0 Å². The molecular weight excluding hydrogens is 210 g/mol. The molecular formula is C14H26N3+. The maximum atomic E-state index is 4.76. The molecule has 3 nitrogen and oxygen atoms in total. The van der Waals surface area contributed by atoms with Crippen LogP contribution in [0, 0.1) is 13.8 Å². The first-order chi connectivity index (χ1) is 7.64. The maximum Gasteiger partial charge on any atom is 0.312 e. The SMILES string of the molecule is Cc1nc(CN(C)C)[n+](C)c(C)c1C(C)(C)C. The van der Waals surface area contributed by atoms with E-state index in [1.54, 1.807) is 0 Å². The van der Waals surface area contributed by atoms with Crippen LogP contribution >= 0.6 is 0 Å². The smallest absolute Gasteiger partial charge is 0.298 e. The summed E-state index contributed by atoms with van der Waals surface area (Å²) in [7, 11) is 6.25. The molecule has 1 aromatic rings. The molecule has 0 aromatic carbocycles. The Bertz CT molecular complexity index is 414. The highest BCUT2D eigenvalue weighted by molar-refractivity contribution is 5.28. The van der Waals surface area contributed by atoms with E-state index in [1.165, 1.54) is 11.3 Å². The van der Waals surface area contributed by atoms with Crippen molar-refractivity contribution in [1.29, 1.82) is 0 Å². The van der Waals surface area contributed by atoms with Gasteiger partial charge in [-0.3, -0.25) is 4.90 Å². The number of rotatable bonds is 2. The molecule has 0 aliphatic heterocycles. The number of hydrogen-bond donors (Lipinski definition) is 0. The van der Waals surface area contributed by atoms with Gasteiger partial charge in [0, 0.05) is 12.5 Å². The Balaban J connectivity index is 3.37. The largest absolute Gasteiger partial charge is 0.312 e. The second kappa shape index (κ2) is 4.73. The number of aryl methyl sites for hydroxylation is 1. The lowest BCUT2D eigenvalue weighted by molar-refractivity contribution is -0.690. The lowest BCUT2D eigenvalue weighted by Gasteiger charge is -2.22. The number of hydrogen-bond acceptors (Lipinski definition) is 2. The van der Waals surface area contributed by atoms with Gasteiger partial charge in [-0.25, -0.2) is 4.57 Å². The van der Waals surface area contributed by atoms with Gasteiger partial charge >= 0.3 is 5.82 Å². The average molecular weight is 236 g/mol. The Morgan fingerprint density at radius 1 is 1.18 bits per heavy atom. The van der Waals surface area contributed by atoms with Crippen LogP contribution in [0.3, 0.4) is 0 Å². The van der Waals surface area contributed by atoms with Crippen LogP contribution in [-0.2, 0) is 19.0 Å². The summed E-state index contributed by atoms with van der Waals surface area (Å²) >= 11 is 0. The van der Waals surface area contributed by atoms with Crippen molar-refractivity contribution < 1.29 is 4.57 Å². The fraction of sp³-hybridized carbons (Fsp3) is 0.714. The summed E-state index contributed by atoms with van der Waals surface area (Å²) in [5.41, 5.74) is 3.99. The van der Waals surface area contributed by atoms with Crippen molar-refractivity contribution in [3.8, 4) is 0 Å². The van der Waals surface area contributed by atoms with Gasteiger partial charge in [0.2, 0.25) is 0 Å². The third kappa shape index (κ3) is 3.03. The standard InChI is InChI=1S/C14H26N3/c1-10-13(14(3,4)5)11(2)17(8)12(15-10)9-16(6)7/h9H2,1-8H3/q+1. The summed E-state index contributed by atoms with van der Waals surface area (Å²) < 4.78 is 2.22. The first-order valence-corrected chi connectivity index (χ1v) is 6.16. The lowest BCUT2D eigenvalue weighted by atomic mass is 9.84. The van der Waals surface area contributed by atoms with E-state index in [4.69, 9.17) is 4.98 Å². The van der Waals surface area contributed by atoms with Gasteiger partial charge in [0.05, 0.1) is 7.05 Å². The molecule has 0 saturated carbocycles. The second-order valence-electron chi connectivity index (χ2n) is 6.12. The first kappa shape index (κ1) is 14.1. The molecule has 1 aromatic heterocycles. The minimum Gasteiger partial charge on any atom is -0.298 e.